The summed E-state index contributed by atoms with van der Waals surface area (Å²) in [6.07, 6.45) is 1.47. The maximum Gasteiger partial charge on any atom is 0.244 e. The van der Waals surface area contributed by atoms with Gasteiger partial charge in [-0.2, -0.15) is 0 Å². The SMILES string of the molecule is CCC(C(=O)NC(C)(C)C)N(Cc1ccccc1)C(=O)CN(c1ccc(C)cc1)S(C)(=O)=O. The van der Waals surface area contributed by atoms with Gasteiger partial charge in [-0.1, -0.05) is 55.0 Å². The average molecular weight is 474 g/mol. The van der Waals surface area contributed by atoms with Crippen LogP contribution in [0.15, 0.2) is 54.6 Å². The number of hydrogen-bond donors (Lipinski definition) is 1. The third-order valence-corrected chi connectivity index (χ3v) is 6.22. The number of carbonyl (C=O) groups is 2. The van der Waals surface area contributed by atoms with Crippen molar-refractivity contribution < 1.29 is 18.0 Å². The van der Waals surface area contributed by atoms with Gasteiger partial charge in [0.1, 0.15) is 12.6 Å². The fraction of sp³-hybridized carbons (Fsp3) is 0.440. The van der Waals surface area contributed by atoms with Gasteiger partial charge < -0.3 is 10.2 Å². The van der Waals surface area contributed by atoms with E-state index in [-0.39, 0.29) is 12.5 Å². The van der Waals surface area contributed by atoms with Crippen molar-refractivity contribution in [3.63, 3.8) is 0 Å². The largest absolute Gasteiger partial charge is 0.350 e. The van der Waals surface area contributed by atoms with Crippen molar-refractivity contribution in [2.75, 3.05) is 17.1 Å². The van der Waals surface area contributed by atoms with E-state index >= 15 is 0 Å². The highest BCUT2D eigenvalue weighted by Crippen LogP contribution is 2.20. The summed E-state index contributed by atoms with van der Waals surface area (Å²) in [4.78, 5) is 28.1. The second-order valence-electron chi connectivity index (χ2n) is 9.28. The fourth-order valence-corrected chi connectivity index (χ4v) is 4.33. The van der Waals surface area contributed by atoms with Gasteiger partial charge in [-0.25, -0.2) is 8.42 Å². The Labute approximate surface area is 197 Å². The first kappa shape index (κ1) is 26.4. The lowest BCUT2D eigenvalue weighted by Crippen LogP contribution is -2.55. The zero-order chi connectivity index (χ0) is 24.8. The molecule has 0 aromatic heterocycles. The van der Waals surface area contributed by atoms with E-state index in [2.05, 4.69) is 5.32 Å². The number of anilines is 1. The highest BCUT2D eigenvalue weighted by Gasteiger charge is 2.32. The van der Waals surface area contributed by atoms with Crippen molar-refractivity contribution in [2.45, 2.75) is 59.2 Å². The van der Waals surface area contributed by atoms with Crippen molar-refractivity contribution in [1.29, 1.82) is 0 Å². The summed E-state index contributed by atoms with van der Waals surface area (Å²) < 4.78 is 26.2. The first-order valence-electron chi connectivity index (χ1n) is 11.0. The van der Waals surface area contributed by atoms with Gasteiger partial charge in [0.05, 0.1) is 11.9 Å². The van der Waals surface area contributed by atoms with Crippen LogP contribution in [-0.2, 0) is 26.2 Å². The van der Waals surface area contributed by atoms with Gasteiger partial charge in [0.2, 0.25) is 21.8 Å². The van der Waals surface area contributed by atoms with Crippen molar-refractivity contribution in [3.8, 4) is 0 Å². The molecule has 1 unspecified atom stereocenters. The predicted molar refractivity (Wildman–Crippen MR) is 132 cm³/mol. The van der Waals surface area contributed by atoms with Gasteiger partial charge in [-0.3, -0.25) is 13.9 Å². The lowest BCUT2D eigenvalue weighted by Gasteiger charge is -2.34. The fourth-order valence-electron chi connectivity index (χ4n) is 3.48. The molecule has 2 aromatic carbocycles. The average Bonchev–Trinajstić information content (AvgIpc) is 2.71. The minimum absolute atomic E-state index is 0.196. The lowest BCUT2D eigenvalue weighted by atomic mass is 10.1. The van der Waals surface area contributed by atoms with Crippen LogP contribution in [0.3, 0.4) is 0 Å². The number of nitrogens with one attached hydrogen (secondary N) is 1. The molecule has 0 spiro atoms. The van der Waals surface area contributed by atoms with Crippen molar-refractivity contribution >= 4 is 27.5 Å². The first-order chi connectivity index (χ1) is 15.3. The smallest absolute Gasteiger partial charge is 0.244 e. The normalized spacial score (nSPS) is 12.7. The van der Waals surface area contributed by atoms with Crippen LogP contribution in [0.2, 0.25) is 0 Å². The van der Waals surface area contributed by atoms with E-state index in [0.717, 1.165) is 21.7 Å². The van der Waals surface area contributed by atoms with Crippen molar-refractivity contribution in [2.24, 2.45) is 0 Å². The van der Waals surface area contributed by atoms with E-state index < -0.39 is 34.1 Å². The Morgan fingerprint density at radius 1 is 1.00 bits per heavy atom. The molecule has 8 heteroatoms. The first-order valence-corrected chi connectivity index (χ1v) is 12.9. The van der Waals surface area contributed by atoms with Crippen LogP contribution in [0.4, 0.5) is 5.69 Å². The van der Waals surface area contributed by atoms with Gasteiger partial charge in [-0.05, 0) is 51.8 Å². The van der Waals surface area contributed by atoms with Crippen LogP contribution in [0.25, 0.3) is 0 Å². The highest BCUT2D eigenvalue weighted by atomic mass is 32.2. The molecule has 0 aliphatic heterocycles. The number of hydrogen-bond acceptors (Lipinski definition) is 4. The maximum absolute atomic E-state index is 13.6. The maximum atomic E-state index is 13.6. The predicted octanol–water partition coefficient (Wildman–Crippen LogP) is 3.48. The monoisotopic (exact) mass is 473 g/mol. The second-order valence-corrected chi connectivity index (χ2v) is 11.2. The van der Waals surface area contributed by atoms with Crippen molar-refractivity contribution in [3.05, 3.63) is 65.7 Å². The van der Waals surface area contributed by atoms with Crippen LogP contribution in [0.1, 0.15) is 45.2 Å². The molecule has 7 nitrogen and oxygen atoms in total. The molecule has 0 radical (unpaired) electrons. The van der Waals surface area contributed by atoms with Gasteiger partial charge in [0.15, 0.2) is 0 Å². The Bertz CT molecular complexity index is 1050. The third-order valence-electron chi connectivity index (χ3n) is 5.08. The molecule has 0 heterocycles. The zero-order valence-corrected chi connectivity index (χ0v) is 21.1. The van der Waals surface area contributed by atoms with Crippen LogP contribution in [0, 0.1) is 6.92 Å². The summed E-state index contributed by atoms with van der Waals surface area (Å²) in [5.41, 5.74) is 1.78. The number of carbonyl (C=O) groups excluding carboxylic acids is 2. The number of rotatable bonds is 9. The molecule has 2 rings (SSSR count). The summed E-state index contributed by atoms with van der Waals surface area (Å²) >= 11 is 0. The third kappa shape index (κ3) is 7.89. The Morgan fingerprint density at radius 3 is 2.06 bits per heavy atom. The van der Waals surface area contributed by atoms with Crippen molar-refractivity contribution in [1.82, 2.24) is 10.2 Å². The van der Waals surface area contributed by atoms with Crippen LogP contribution >= 0.6 is 0 Å². The van der Waals surface area contributed by atoms with Crippen LogP contribution < -0.4 is 9.62 Å². The van der Waals surface area contributed by atoms with Gasteiger partial charge in [0, 0.05) is 12.1 Å². The minimum Gasteiger partial charge on any atom is -0.350 e. The molecule has 0 aliphatic carbocycles. The quantitative estimate of drug-likeness (QED) is 0.604. The molecular formula is C25H35N3O4S. The topological polar surface area (TPSA) is 86.8 Å². The molecule has 0 bridgehead atoms. The summed E-state index contributed by atoms with van der Waals surface area (Å²) in [5.74, 6) is -0.712. The molecule has 33 heavy (non-hydrogen) atoms. The Hall–Kier alpha value is -2.87. The molecule has 0 fully saturated rings. The molecule has 0 saturated carbocycles. The number of aryl methyl sites for hydroxylation is 1. The van der Waals surface area contributed by atoms with E-state index in [0.29, 0.717) is 12.1 Å². The zero-order valence-electron chi connectivity index (χ0n) is 20.3. The molecule has 180 valence electrons. The van der Waals surface area contributed by atoms with Crippen LogP contribution in [0.5, 0.6) is 0 Å². The summed E-state index contributed by atoms with van der Waals surface area (Å²) in [6, 6.07) is 15.6. The Kier molecular flexibility index (Phi) is 8.66. The second kappa shape index (κ2) is 10.8. The van der Waals surface area contributed by atoms with E-state index in [4.69, 9.17) is 0 Å². The number of sulfonamides is 1. The van der Waals surface area contributed by atoms with E-state index in [1.165, 1.54) is 4.90 Å². The summed E-state index contributed by atoms with van der Waals surface area (Å²) in [5, 5.41) is 2.95. The lowest BCUT2D eigenvalue weighted by molar-refractivity contribution is -0.141. The standard InChI is InChI=1S/C25H35N3O4S/c1-7-22(24(30)26-25(3,4)5)27(17-20-11-9-8-10-12-20)23(29)18-28(33(6,31)32)21-15-13-19(2)14-16-21/h8-16,22H,7,17-18H2,1-6H3,(H,26,30). The highest BCUT2D eigenvalue weighted by molar-refractivity contribution is 7.92. The van der Waals surface area contributed by atoms with Gasteiger partial charge in [0.25, 0.3) is 0 Å². The Balaban J connectivity index is 2.42. The van der Waals surface area contributed by atoms with Crippen LogP contribution in [-0.4, -0.2) is 49.5 Å². The minimum atomic E-state index is -3.73. The number of nitrogens with zero attached hydrogens (tertiary/aromatic N) is 2. The summed E-state index contributed by atoms with van der Waals surface area (Å²) in [7, 11) is -3.73. The number of amides is 2. The molecule has 2 amide bonds. The summed E-state index contributed by atoms with van der Waals surface area (Å²) in [6.45, 7) is 9.18. The molecule has 1 N–H and O–H groups in total. The molecule has 1 atom stereocenters. The van der Waals surface area contributed by atoms with E-state index in [1.54, 1.807) is 24.3 Å². The van der Waals surface area contributed by atoms with Gasteiger partial charge in [-0.15, -0.1) is 0 Å². The molecular weight excluding hydrogens is 438 g/mol. The molecule has 0 aliphatic rings. The molecule has 2 aromatic rings. The Morgan fingerprint density at radius 2 is 1.58 bits per heavy atom. The van der Waals surface area contributed by atoms with Gasteiger partial charge >= 0.3 is 0 Å². The molecule has 0 saturated heterocycles. The van der Waals surface area contributed by atoms with E-state index in [9.17, 15) is 18.0 Å². The van der Waals surface area contributed by atoms with E-state index in [1.807, 2.05) is 65.0 Å². The number of benzene rings is 2.